The Hall–Kier alpha value is -2.64. The van der Waals surface area contributed by atoms with Gasteiger partial charge < -0.3 is 14.6 Å². The van der Waals surface area contributed by atoms with Crippen LogP contribution in [0.3, 0.4) is 0 Å². The number of benzene rings is 2. The number of nitrogens with one attached hydrogen (secondary N) is 1. The number of imidazole rings is 1. The van der Waals surface area contributed by atoms with Gasteiger partial charge in [-0.25, -0.2) is 4.98 Å². The number of carbonyl (C=O) groups is 1. The third-order valence-corrected chi connectivity index (χ3v) is 5.56. The molecule has 0 unspecified atom stereocenters. The van der Waals surface area contributed by atoms with Crippen molar-refractivity contribution in [1.29, 1.82) is 0 Å². The molecule has 0 fully saturated rings. The van der Waals surface area contributed by atoms with Crippen molar-refractivity contribution in [1.82, 2.24) is 9.55 Å². The molecule has 8 heteroatoms. The van der Waals surface area contributed by atoms with E-state index in [1.54, 1.807) is 54.2 Å². The summed E-state index contributed by atoms with van der Waals surface area (Å²) < 4.78 is 19.7. The quantitative estimate of drug-likeness (QED) is 0.633. The van der Waals surface area contributed by atoms with Gasteiger partial charge in [0.05, 0.1) is 29.3 Å². The summed E-state index contributed by atoms with van der Waals surface area (Å²) in [6, 6.07) is 14.3. The van der Waals surface area contributed by atoms with E-state index in [0.29, 0.717) is 22.5 Å². The predicted molar refractivity (Wildman–Crippen MR) is 111 cm³/mol. The number of halogens is 1. The summed E-state index contributed by atoms with van der Waals surface area (Å²) >= 11 is 5.92. The van der Waals surface area contributed by atoms with E-state index in [0.717, 1.165) is 17.0 Å². The summed E-state index contributed by atoms with van der Waals surface area (Å²) in [5.41, 5.74) is 2.32. The lowest BCUT2D eigenvalue weighted by Gasteiger charge is -2.08. The molecule has 0 radical (unpaired) electrons. The van der Waals surface area contributed by atoms with Crippen LogP contribution in [-0.4, -0.2) is 32.0 Å². The minimum Gasteiger partial charge on any atom is -0.494 e. The zero-order chi connectivity index (χ0) is 20.1. The van der Waals surface area contributed by atoms with Crippen molar-refractivity contribution in [2.45, 2.75) is 12.1 Å². The van der Waals surface area contributed by atoms with Crippen molar-refractivity contribution >= 4 is 34.0 Å². The first-order valence-corrected chi connectivity index (χ1v) is 10.4. The van der Waals surface area contributed by atoms with Crippen LogP contribution in [0, 0.1) is 0 Å². The van der Waals surface area contributed by atoms with E-state index >= 15 is 0 Å². The van der Waals surface area contributed by atoms with Gasteiger partial charge >= 0.3 is 0 Å². The molecular weight excluding hydrogens is 398 g/mol. The third-order valence-electron chi connectivity index (χ3n) is 4.00. The lowest BCUT2D eigenvalue weighted by Crippen LogP contribution is -2.21. The number of amides is 1. The summed E-state index contributed by atoms with van der Waals surface area (Å²) in [7, 11) is 0.198. The van der Waals surface area contributed by atoms with E-state index in [2.05, 4.69) is 10.3 Å². The molecule has 0 aliphatic heterocycles. The van der Waals surface area contributed by atoms with Gasteiger partial charge in [-0.1, -0.05) is 23.7 Å². The molecule has 0 aliphatic carbocycles. The Morgan fingerprint density at radius 3 is 2.50 bits per heavy atom. The van der Waals surface area contributed by atoms with Crippen LogP contribution in [0.15, 0.2) is 59.9 Å². The number of hydrogen-bond acceptors (Lipinski definition) is 4. The molecule has 6 nitrogen and oxygen atoms in total. The van der Waals surface area contributed by atoms with Crippen LogP contribution in [0.2, 0.25) is 5.02 Å². The van der Waals surface area contributed by atoms with E-state index in [-0.39, 0.29) is 11.7 Å². The molecular formula is C20H20ClN3O3S. The van der Waals surface area contributed by atoms with Gasteiger partial charge in [0.25, 0.3) is 0 Å². The van der Waals surface area contributed by atoms with E-state index in [1.165, 1.54) is 0 Å². The number of anilines is 1. The Labute approximate surface area is 171 Å². The molecule has 3 aromatic rings. The topological polar surface area (TPSA) is 73.2 Å². The zero-order valence-corrected chi connectivity index (χ0v) is 17.1. The van der Waals surface area contributed by atoms with Gasteiger partial charge in [0.1, 0.15) is 11.5 Å². The number of rotatable bonds is 7. The summed E-state index contributed by atoms with van der Waals surface area (Å²) in [5.74, 6) is 0.198. The minimum atomic E-state index is -1.57. The molecule has 28 heavy (non-hydrogen) atoms. The lowest BCUT2D eigenvalue weighted by molar-refractivity contribution is -0.113. The van der Waals surface area contributed by atoms with Gasteiger partial charge in [-0.2, -0.15) is 0 Å². The maximum absolute atomic E-state index is 12.6. The average molecular weight is 418 g/mol. The van der Waals surface area contributed by atoms with Crippen LogP contribution >= 0.6 is 11.6 Å². The first-order valence-electron chi connectivity index (χ1n) is 8.66. The van der Waals surface area contributed by atoms with Gasteiger partial charge in [0.15, 0.2) is 5.16 Å². The Balaban J connectivity index is 1.66. The lowest BCUT2D eigenvalue weighted by atomic mass is 10.2. The Morgan fingerprint density at radius 2 is 1.86 bits per heavy atom. The normalized spacial score (nSPS) is 11.8. The molecule has 2 aromatic carbocycles. The fraction of sp³-hybridized carbons (Fsp3) is 0.200. The van der Waals surface area contributed by atoms with Gasteiger partial charge in [0, 0.05) is 17.8 Å². The van der Waals surface area contributed by atoms with Gasteiger partial charge in [-0.15, -0.1) is 0 Å². The second-order valence-corrected chi connectivity index (χ2v) is 7.77. The molecule has 1 atom stereocenters. The molecule has 146 valence electrons. The number of carbonyl (C=O) groups excluding carboxylic acids is 1. The molecule has 1 heterocycles. The van der Waals surface area contributed by atoms with Crippen molar-refractivity contribution < 1.29 is 13.7 Å². The van der Waals surface area contributed by atoms with Crippen LogP contribution in [0.1, 0.15) is 6.92 Å². The zero-order valence-electron chi connectivity index (χ0n) is 15.5. The summed E-state index contributed by atoms with van der Waals surface area (Å²) in [4.78, 5) is 16.5. The third kappa shape index (κ3) is 4.79. The van der Waals surface area contributed by atoms with Crippen molar-refractivity contribution in [2.24, 2.45) is 7.05 Å². The van der Waals surface area contributed by atoms with E-state index in [4.69, 9.17) is 16.3 Å². The second kappa shape index (κ2) is 9.03. The average Bonchev–Trinajstić information content (AvgIpc) is 3.06. The number of hydrogen-bond donors (Lipinski definition) is 1. The minimum absolute atomic E-state index is 0.182. The van der Waals surface area contributed by atoms with Crippen molar-refractivity contribution in [3.63, 3.8) is 0 Å². The highest BCUT2D eigenvalue weighted by Crippen LogP contribution is 2.23. The van der Waals surface area contributed by atoms with Crippen LogP contribution < -0.4 is 10.1 Å². The fourth-order valence-corrected chi connectivity index (χ4v) is 3.81. The highest BCUT2D eigenvalue weighted by molar-refractivity contribution is 7.85. The maximum atomic E-state index is 12.6. The van der Waals surface area contributed by atoms with Crippen LogP contribution in [0.25, 0.3) is 11.3 Å². The summed E-state index contributed by atoms with van der Waals surface area (Å²) in [5, 5.41) is 3.72. The fourth-order valence-electron chi connectivity index (χ4n) is 2.67. The molecule has 0 saturated heterocycles. The van der Waals surface area contributed by atoms with E-state index < -0.39 is 10.8 Å². The standard InChI is InChI=1S/C20H20ClN3O3S/c1-3-27-17-10-8-16(9-11-17)23-19(25)13-28(26)20-22-12-18(24(20)2)14-4-6-15(21)7-5-14/h4-12H,3,13H2,1-2H3,(H,23,25)/t28-/m0/s1. The maximum Gasteiger partial charge on any atom is 0.237 e. The first kappa shape index (κ1) is 20.1. The highest BCUT2D eigenvalue weighted by atomic mass is 35.5. The van der Waals surface area contributed by atoms with Crippen molar-refractivity contribution in [3.8, 4) is 17.0 Å². The Kier molecular flexibility index (Phi) is 6.49. The second-order valence-electron chi connectivity index (χ2n) is 5.99. The molecule has 0 bridgehead atoms. The smallest absolute Gasteiger partial charge is 0.237 e. The van der Waals surface area contributed by atoms with Gasteiger partial charge in [-0.3, -0.25) is 9.00 Å². The molecule has 1 amide bonds. The van der Waals surface area contributed by atoms with Crippen LogP contribution in [0.4, 0.5) is 5.69 Å². The number of nitrogens with zero attached hydrogens (tertiary/aromatic N) is 2. The van der Waals surface area contributed by atoms with Crippen LogP contribution in [-0.2, 0) is 22.6 Å². The predicted octanol–water partition coefficient (Wildman–Crippen LogP) is 3.89. The summed E-state index contributed by atoms with van der Waals surface area (Å²) in [6.45, 7) is 2.48. The SMILES string of the molecule is CCOc1ccc(NC(=O)C[S@](=O)c2ncc(-c3ccc(Cl)cc3)n2C)cc1. The van der Waals surface area contributed by atoms with E-state index in [9.17, 15) is 9.00 Å². The van der Waals surface area contributed by atoms with Gasteiger partial charge in [-0.05, 0) is 48.9 Å². The van der Waals surface area contributed by atoms with Crippen molar-refractivity contribution in [2.75, 3.05) is 17.7 Å². The largest absolute Gasteiger partial charge is 0.494 e. The number of aromatic nitrogens is 2. The molecule has 0 saturated carbocycles. The molecule has 1 N–H and O–H groups in total. The molecule has 3 rings (SSSR count). The highest BCUT2D eigenvalue weighted by Gasteiger charge is 2.17. The molecule has 0 spiro atoms. The van der Waals surface area contributed by atoms with Crippen molar-refractivity contribution in [3.05, 3.63) is 59.8 Å². The van der Waals surface area contributed by atoms with Gasteiger partial charge in [0.2, 0.25) is 5.91 Å². The van der Waals surface area contributed by atoms with E-state index in [1.807, 2.05) is 19.1 Å². The Morgan fingerprint density at radius 1 is 1.18 bits per heavy atom. The van der Waals surface area contributed by atoms with Crippen LogP contribution in [0.5, 0.6) is 5.75 Å². The monoisotopic (exact) mass is 417 g/mol. The number of ether oxygens (including phenoxy) is 1. The molecule has 1 aromatic heterocycles. The molecule has 0 aliphatic rings. The first-order chi connectivity index (χ1) is 13.5. The summed E-state index contributed by atoms with van der Waals surface area (Å²) in [6.07, 6.45) is 1.64. The Bertz CT molecular complexity index is 985.